The van der Waals surface area contributed by atoms with E-state index in [9.17, 15) is 13.3 Å². The van der Waals surface area contributed by atoms with Gasteiger partial charge in [0.1, 0.15) is 0 Å². The molecule has 0 saturated carbocycles. The molecule has 0 aromatic heterocycles. The van der Waals surface area contributed by atoms with Crippen molar-refractivity contribution in [1.82, 2.24) is 0 Å². The SMILES string of the molecule is CCOP(=O)(OCC)C(F)(F)[C@H](C)[C@H](N)CO[Si](C)(C)C(C)(C)C. The number of rotatable bonds is 10. The van der Waals surface area contributed by atoms with Crippen molar-refractivity contribution in [2.24, 2.45) is 11.7 Å². The Hall–Kier alpha value is 0.147. The van der Waals surface area contributed by atoms with Crippen molar-refractivity contribution in [3.63, 3.8) is 0 Å². The first-order valence-corrected chi connectivity index (χ1v) is 12.8. The lowest BCUT2D eigenvalue weighted by Crippen LogP contribution is -2.48. The van der Waals surface area contributed by atoms with Crippen LogP contribution in [0.4, 0.5) is 8.78 Å². The molecule has 0 aliphatic carbocycles. The van der Waals surface area contributed by atoms with E-state index in [2.05, 4.69) is 20.8 Å². The molecule has 2 atom stereocenters. The van der Waals surface area contributed by atoms with Gasteiger partial charge in [0.15, 0.2) is 8.32 Å². The van der Waals surface area contributed by atoms with Gasteiger partial charge in [0, 0.05) is 18.6 Å². The van der Waals surface area contributed by atoms with Gasteiger partial charge in [-0.05, 0) is 32.0 Å². The van der Waals surface area contributed by atoms with E-state index in [0.29, 0.717) is 0 Å². The molecule has 146 valence electrons. The van der Waals surface area contributed by atoms with Gasteiger partial charge in [-0.3, -0.25) is 4.57 Å². The van der Waals surface area contributed by atoms with E-state index in [1.165, 1.54) is 20.8 Å². The fourth-order valence-electron chi connectivity index (χ4n) is 1.72. The van der Waals surface area contributed by atoms with Crippen LogP contribution in [0.1, 0.15) is 41.5 Å². The third-order valence-corrected chi connectivity index (χ3v) is 11.4. The molecular weight excluding hydrogens is 355 g/mol. The number of halogens is 2. The van der Waals surface area contributed by atoms with Crippen molar-refractivity contribution in [2.45, 2.75) is 71.4 Å². The molecule has 0 bridgehead atoms. The summed E-state index contributed by atoms with van der Waals surface area (Å²) in [6.45, 7) is 14.2. The lowest BCUT2D eigenvalue weighted by molar-refractivity contribution is -0.0203. The van der Waals surface area contributed by atoms with Crippen LogP contribution >= 0.6 is 7.60 Å². The van der Waals surface area contributed by atoms with E-state index < -0.39 is 33.5 Å². The van der Waals surface area contributed by atoms with Crippen molar-refractivity contribution in [3.05, 3.63) is 0 Å². The van der Waals surface area contributed by atoms with Crippen LogP contribution in [-0.2, 0) is 18.0 Å². The second-order valence-corrected chi connectivity index (χ2v) is 14.4. The van der Waals surface area contributed by atoms with E-state index in [1.807, 2.05) is 13.1 Å². The molecule has 2 N–H and O–H groups in total. The van der Waals surface area contributed by atoms with E-state index in [4.69, 9.17) is 19.2 Å². The highest BCUT2D eigenvalue weighted by molar-refractivity contribution is 7.55. The van der Waals surface area contributed by atoms with E-state index >= 15 is 0 Å². The van der Waals surface area contributed by atoms with Crippen molar-refractivity contribution in [2.75, 3.05) is 19.8 Å². The summed E-state index contributed by atoms with van der Waals surface area (Å²) in [5, 5.41) is -0.0512. The molecule has 0 aliphatic rings. The molecule has 0 amide bonds. The van der Waals surface area contributed by atoms with Crippen LogP contribution < -0.4 is 5.73 Å². The first-order chi connectivity index (χ1) is 10.7. The van der Waals surface area contributed by atoms with Gasteiger partial charge in [0.05, 0.1) is 13.2 Å². The van der Waals surface area contributed by atoms with Crippen LogP contribution in [0.3, 0.4) is 0 Å². The number of hydrogen-bond donors (Lipinski definition) is 1. The first-order valence-electron chi connectivity index (χ1n) is 8.32. The molecule has 0 rings (SSSR count). The van der Waals surface area contributed by atoms with Gasteiger partial charge >= 0.3 is 13.3 Å². The normalized spacial score (nSPS) is 17.0. The largest absolute Gasteiger partial charge is 0.415 e. The maximum absolute atomic E-state index is 14.7. The van der Waals surface area contributed by atoms with Crippen molar-refractivity contribution < 1.29 is 26.8 Å². The molecule has 0 heterocycles. The smallest absolute Gasteiger partial charge is 0.399 e. The van der Waals surface area contributed by atoms with Gasteiger partial charge in [0.2, 0.25) is 0 Å². The number of alkyl halides is 2. The third-order valence-electron chi connectivity index (χ3n) is 4.60. The minimum Gasteiger partial charge on any atom is -0.415 e. The molecule has 0 saturated heterocycles. The standard InChI is InChI=1S/C15H34F2NO4PSi/c1-9-20-23(19,21-10-2)15(16,17)12(3)13(18)11-22-24(7,8)14(4,5)6/h12-13H,9-11,18H2,1-8H3/t12-,13-/m1/s1. The molecular formula is C15H34F2NO4PSi. The summed E-state index contributed by atoms with van der Waals surface area (Å²) in [6, 6.07) is -0.983. The molecule has 5 nitrogen and oxygen atoms in total. The van der Waals surface area contributed by atoms with Crippen LogP contribution in [0, 0.1) is 5.92 Å². The van der Waals surface area contributed by atoms with Crippen molar-refractivity contribution in [3.8, 4) is 0 Å². The average molecular weight is 389 g/mol. The Bertz CT molecular complexity index is 434. The van der Waals surface area contributed by atoms with E-state index in [0.717, 1.165) is 0 Å². The Balaban J connectivity index is 5.16. The Morgan fingerprint density at radius 3 is 1.88 bits per heavy atom. The van der Waals surface area contributed by atoms with Crippen LogP contribution in [0.25, 0.3) is 0 Å². The Labute approximate surface area is 146 Å². The van der Waals surface area contributed by atoms with Crippen molar-refractivity contribution in [1.29, 1.82) is 0 Å². The number of hydrogen-bond acceptors (Lipinski definition) is 5. The summed E-state index contributed by atoms with van der Waals surface area (Å²) >= 11 is 0. The molecule has 0 radical (unpaired) electrons. The number of nitrogens with two attached hydrogens (primary N) is 1. The van der Waals surface area contributed by atoms with Crippen LogP contribution in [0.15, 0.2) is 0 Å². The second kappa shape index (κ2) is 8.69. The lowest BCUT2D eigenvalue weighted by Gasteiger charge is -2.38. The topological polar surface area (TPSA) is 70.8 Å². The molecule has 0 fully saturated rings. The maximum atomic E-state index is 14.7. The minimum atomic E-state index is -4.59. The summed E-state index contributed by atoms with van der Waals surface area (Å²) in [7, 11) is -6.69. The Morgan fingerprint density at radius 2 is 1.54 bits per heavy atom. The quantitative estimate of drug-likeness (QED) is 0.428. The summed E-state index contributed by atoms with van der Waals surface area (Å²) in [5.41, 5.74) is 2.24. The third kappa shape index (κ3) is 5.58. The van der Waals surface area contributed by atoms with E-state index in [-0.39, 0.29) is 24.9 Å². The zero-order valence-electron chi connectivity index (χ0n) is 16.2. The molecule has 0 aliphatic heterocycles. The van der Waals surface area contributed by atoms with E-state index in [1.54, 1.807) is 0 Å². The molecule has 9 heteroatoms. The highest BCUT2D eigenvalue weighted by Gasteiger charge is 2.58. The molecule has 0 spiro atoms. The van der Waals surface area contributed by atoms with Gasteiger partial charge in [-0.2, -0.15) is 8.78 Å². The zero-order chi connectivity index (χ0) is 19.4. The van der Waals surface area contributed by atoms with Gasteiger partial charge in [-0.15, -0.1) is 0 Å². The lowest BCUT2D eigenvalue weighted by atomic mass is 10.0. The van der Waals surface area contributed by atoms with Gasteiger partial charge in [-0.25, -0.2) is 0 Å². The zero-order valence-corrected chi connectivity index (χ0v) is 18.1. The summed E-state index contributed by atoms with van der Waals surface area (Å²) in [4.78, 5) is 0. The van der Waals surface area contributed by atoms with Crippen LogP contribution in [0.2, 0.25) is 18.1 Å². The second-order valence-electron chi connectivity index (χ2n) is 7.44. The van der Waals surface area contributed by atoms with Gasteiger partial charge in [0.25, 0.3) is 0 Å². The van der Waals surface area contributed by atoms with Gasteiger partial charge in [-0.1, -0.05) is 27.7 Å². The summed E-state index contributed by atoms with van der Waals surface area (Å²) < 4.78 is 57.4. The van der Waals surface area contributed by atoms with Crippen LogP contribution in [-0.4, -0.2) is 39.8 Å². The first kappa shape index (κ1) is 24.1. The predicted octanol–water partition coefficient (Wildman–Crippen LogP) is 4.83. The molecule has 0 aromatic carbocycles. The fraction of sp³-hybridized carbons (Fsp3) is 1.00. The molecule has 0 aromatic rings. The van der Waals surface area contributed by atoms with Crippen molar-refractivity contribution >= 4 is 15.9 Å². The Morgan fingerprint density at radius 1 is 1.12 bits per heavy atom. The molecule has 24 heavy (non-hydrogen) atoms. The summed E-state index contributed by atoms with van der Waals surface area (Å²) in [5.74, 6) is -1.41. The summed E-state index contributed by atoms with van der Waals surface area (Å²) in [6.07, 6.45) is 0. The predicted molar refractivity (Wildman–Crippen MR) is 96.1 cm³/mol. The highest BCUT2D eigenvalue weighted by atomic mass is 31.2. The maximum Gasteiger partial charge on any atom is 0.399 e. The fourth-order valence-corrected chi connectivity index (χ4v) is 4.55. The average Bonchev–Trinajstić information content (AvgIpc) is 2.43. The Kier molecular flexibility index (Phi) is 8.74. The molecule has 0 unspecified atom stereocenters. The monoisotopic (exact) mass is 389 g/mol. The minimum absolute atomic E-state index is 0.0223. The van der Waals surface area contributed by atoms with Crippen LogP contribution in [0.5, 0.6) is 0 Å². The highest BCUT2D eigenvalue weighted by Crippen LogP contribution is 2.65. The van der Waals surface area contributed by atoms with Gasteiger partial charge < -0.3 is 19.2 Å².